The number of likely N-dealkylation sites (N-methyl/N-ethyl adjacent to an activating group) is 1. The molecule has 2 amide bonds. The first-order valence-electron chi connectivity index (χ1n) is 12.4. The van der Waals surface area contributed by atoms with Gasteiger partial charge in [0.15, 0.2) is 0 Å². The highest BCUT2D eigenvalue weighted by Gasteiger charge is 2.46. The molecular weight excluding hydrogens is 585 g/mol. The largest absolute Gasteiger partial charge is 0.492 e. The van der Waals surface area contributed by atoms with Crippen LogP contribution < -0.4 is 15.8 Å². The topological polar surface area (TPSA) is 110 Å². The SMILES string of the molecule is CCc1cc(NC(=O)C(=O)N2C[C@@](C)(CI)[C@H](OC)C[C@@H]2c2cccc(OCCN(C)C)c2)cnc1N. The molecule has 202 valence electrons. The molecule has 2 aromatic rings. The van der Waals surface area contributed by atoms with Crippen molar-refractivity contribution in [2.24, 2.45) is 5.41 Å². The summed E-state index contributed by atoms with van der Waals surface area (Å²) in [6.07, 6.45) is 2.63. The zero-order valence-corrected chi connectivity index (χ0v) is 24.4. The molecule has 1 aliphatic rings. The van der Waals surface area contributed by atoms with Crippen LogP contribution in [0.2, 0.25) is 0 Å². The average molecular weight is 624 g/mol. The summed E-state index contributed by atoms with van der Waals surface area (Å²) in [5, 5.41) is 2.72. The van der Waals surface area contributed by atoms with E-state index >= 15 is 0 Å². The van der Waals surface area contributed by atoms with E-state index in [4.69, 9.17) is 15.2 Å². The number of nitrogens with one attached hydrogen (secondary N) is 1. The van der Waals surface area contributed by atoms with Crippen molar-refractivity contribution in [3.8, 4) is 5.75 Å². The zero-order chi connectivity index (χ0) is 27.2. The van der Waals surface area contributed by atoms with Crippen molar-refractivity contribution < 1.29 is 19.1 Å². The van der Waals surface area contributed by atoms with E-state index in [0.29, 0.717) is 37.5 Å². The number of likely N-dealkylation sites (tertiary alicyclic amines) is 1. The number of benzene rings is 1. The number of nitrogens with two attached hydrogens (primary N) is 1. The third-order valence-corrected chi connectivity index (χ3v) is 8.60. The first-order chi connectivity index (χ1) is 17.6. The van der Waals surface area contributed by atoms with E-state index in [1.54, 1.807) is 18.1 Å². The number of aromatic nitrogens is 1. The molecule has 1 aromatic heterocycles. The van der Waals surface area contributed by atoms with Crippen molar-refractivity contribution in [3.63, 3.8) is 0 Å². The average Bonchev–Trinajstić information content (AvgIpc) is 2.89. The third kappa shape index (κ3) is 7.11. The summed E-state index contributed by atoms with van der Waals surface area (Å²) in [6.45, 7) is 5.78. The Labute approximate surface area is 233 Å². The standard InChI is InChI=1S/C27H38IN5O4/c1-6-18-12-20(15-30-24(18)29)31-25(34)26(35)33-17-27(2,16-28)23(36-5)14-22(33)19-8-7-9-21(13-19)37-11-10-32(3)4/h7-9,12-13,15,22-23H,6,10-11,14,16-17H2,1-5H3,(H2,29,30)(H,31,34)/t22-,23-,27-/m1/s1. The van der Waals surface area contributed by atoms with Crippen LogP contribution in [0.5, 0.6) is 5.75 Å². The molecule has 10 heteroatoms. The van der Waals surface area contributed by atoms with Gasteiger partial charge in [0, 0.05) is 30.0 Å². The molecule has 0 radical (unpaired) electrons. The number of anilines is 2. The lowest BCUT2D eigenvalue weighted by Crippen LogP contribution is -2.56. The number of nitrogens with zero attached hydrogens (tertiary/aromatic N) is 3. The van der Waals surface area contributed by atoms with E-state index in [1.807, 2.05) is 45.3 Å². The maximum absolute atomic E-state index is 13.6. The minimum absolute atomic E-state index is 0.0757. The van der Waals surface area contributed by atoms with Crippen molar-refractivity contribution in [2.45, 2.75) is 38.8 Å². The van der Waals surface area contributed by atoms with Crippen molar-refractivity contribution in [3.05, 3.63) is 47.7 Å². The summed E-state index contributed by atoms with van der Waals surface area (Å²) in [4.78, 5) is 34.7. The lowest BCUT2D eigenvalue weighted by molar-refractivity contribution is -0.152. The lowest BCUT2D eigenvalue weighted by Gasteiger charge is -2.49. The number of carbonyl (C=O) groups is 2. The predicted molar refractivity (Wildman–Crippen MR) is 154 cm³/mol. The van der Waals surface area contributed by atoms with Gasteiger partial charge in [0.05, 0.1) is 24.0 Å². The summed E-state index contributed by atoms with van der Waals surface area (Å²) in [5.41, 5.74) is 7.75. The van der Waals surface area contributed by atoms with Crippen LogP contribution in [0.4, 0.5) is 11.5 Å². The summed E-state index contributed by atoms with van der Waals surface area (Å²) in [7, 11) is 5.69. The number of piperidine rings is 1. The molecule has 37 heavy (non-hydrogen) atoms. The fourth-order valence-electron chi connectivity index (χ4n) is 4.60. The van der Waals surface area contributed by atoms with Crippen LogP contribution >= 0.6 is 22.6 Å². The monoisotopic (exact) mass is 623 g/mol. The van der Waals surface area contributed by atoms with Crippen LogP contribution in [0.1, 0.15) is 37.4 Å². The van der Waals surface area contributed by atoms with Gasteiger partial charge >= 0.3 is 11.8 Å². The molecule has 9 nitrogen and oxygen atoms in total. The van der Waals surface area contributed by atoms with Crippen LogP contribution in [0.25, 0.3) is 0 Å². The van der Waals surface area contributed by atoms with Gasteiger partial charge in [-0.2, -0.15) is 0 Å². The van der Waals surface area contributed by atoms with E-state index in [-0.39, 0.29) is 17.6 Å². The zero-order valence-electron chi connectivity index (χ0n) is 22.3. The Morgan fingerprint density at radius 3 is 2.73 bits per heavy atom. The number of nitrogen functional groups attached to an aromatic ring is 1. The molecule has 3 rings (SSSR count). The number of ether oxygens (including phenoxy) is 2. The first kappa shape index (κ1) is 29.1. The second-order valence-electron chi connectivity index (χ2n) is 10.00. The van der Waals surface area contributed by atoms with Gasteiger partial charge in [0.1, 0.15) is 18.2 Å². The lowest BCUT2D eigenvalue weighted by atomic mass is 9.76. The fourth-order valence-corrected chi connectivity index (χ4v) is 5.33. The van der Waals surface area contributed by atoms with Crippen LogP contribution in [-0.2, 0) is 20.7 Å². The maximum Gasteiger partial charge on any atom is 0.313 e. The highest BCUT2D eigenvalue weighted by molar-refractivity contribution is 14.1. The summed E-state index contributed by atoms with van der Waals surface area (Å²) in [5.74, 6) is -0.153. The number of pyridine rings is 1. The molecule has 3 N–H and O–H groups in total. The highest BCUT2D eigenvalue weighted by atomic mass is 127. The van der Waals surface area contributed by atoms with Crippen molar-refractivity contribution in [2.75, 3.05) is 56.4 Å². The van der Waals surface area contributed by atoms with Crippen LogP contribution in [-0.4, -0.2) is 78.0 Å². The summed E-state index contributed by atoms with van der Waals surface area (Å²) < 4.78 is 12.6. The quantitative estimate of drug-likeness (QED) is 0.250. The minimum Gasteiger partial charge on any atom is -0.492 e. The fraction of sp³-hybridized carbons (Fsp3) is 0.519. The van der Waals surface area contributed by atoms with Gasteiger partial charge in [0.25, 0.3) is 0 Å². The van der Waals surface area contributed by atoms with Crippen LogP contribution in [0.3, 0.4) is 0 Å². The number of alkyl halides is 1. The second kappa shape index (κ2) is 12.9. The van der Waals surface area contributed by atoms with Gasteiger partial charge in [-0.25, -0.2) is 4.98 Å². The molecule has 2 heterocycles. The number of amides is 2. The molecule has 0 saturated carbocycles. The van der Waals surface area contributed by atoms with E-state index in [0.717, 1.165) is 27.8 Å². The highest BCUT2D eigenvalue weighted by Crippen LogP contribution is 2.43. The van der Waals surface area contributed by atoms with Gasteiger partial charge in [-0.1, -0.05) is 48.6 Å². The predicted octanol–water partition coefficient (Wildman–Crippen LogP) is 3.54. The van der Waals surface area contributed by atoms with Gasteiger partial charge in [-0.15, -0.1) is 0 Å². The number of hydrogen-bond acceptors (Lipinski definition) is 7. The normalized spacial score (nSPS) is 21.6. The number of carbonyl (C=O) groups excluding carboxylic acids is 2. The van der Waals surface area contributed by atoms with Gasteiger partial charge in [0.2, 0.25) is 0 Å². The number of methoxy groups -OCH3 is 1. The molecule has 1 aliphatic heterocycles. The van der Waals surface area contributed by atoms with Crippen molar-refractivity contribution in [1.82, 2.24) is 14.8 Å². The number of halogens is 1. The molecule has 3 atom stereocenters. The Kier molecular flexibility index (Phi) is 10.1. The molecule has 0 bridgehead atoms. The Hall–Kier alpha value is -2.44. The van der Waals surface area contributed by atoms with E-state index in [1.165, 1.54) is 6.20 Å². The van der Waals surface area contributed by atoms with Crippen LogP contribution in [0, 0.1) is 5.41 Å². The molecule has 0 aliphatic carbocycles. The smallest absolute Gasteiger partial charge is 0.313 e. The molecular formula is C27H38IN5O4. The van der Waals surface area contributed by atoms with E-state index in [2.05, 4.69) is 44.7 Å². The number of aryl methyl sites for hydroxylation is 1. The van der Waals surface area contributed by atoms with E-state index in [9.17, 15) is 9.59 Å². The van der Waals surface area contributed by atoms with Gasteiger partial charge < -0.3 is 30.3 Å². The van der Waals surface area contributed by atoms with E-state index < -0.39 is 11.8 Å². The molecule has 1 aromatic carbocycles. The summed E-state index contributed by atoms with van der Waals surface area (Å²) >= 11 is 2.33. The molecule has 0 unspecified atom stereocenters. The van der Waals surface area contributed by atoms with Crippen molar-refractivity contribution >= 4 is 45.9 Å². The third-order valence-electron chi connectivity index (χ3n) is 6.86. The Bertz CT molecular complexity index is 1100. The Morgan fingerprint density at radius 2 is 2.08 bits per heavy atom. The Balaban J connectivity index is 1.88. The molecule has 1 fully saturated rings. The maximum atomic E-state index is 13.6. The second-order valence-corrected chi connectivity index (χ2v) is 10.8. The number of rotatable bonds is 9. The Morgan fingerprint density at radius 1 is 1.32 bits per heavy atom. The van der Waals surface area contributed by atoms with Gasteiger partial charge in [-0.3, -0.25) is 9.59 Å². The minimum atomic E-state index is -0.705. The van der Waals surface area contributed by atoms with Crippen LogP contribution in [0.15, 0.2) is 36.5 Å². The summed E-state index contributed by atoms with van der Waals surface area (Å²) in [6, 6.07) is 9.17. The number of hydrogen-bond donors (Lipinski definition) is 2. The van der Waals surface area contributed by atoms with Crippen molar-refractivity contribution in [1.29, 1.82) is 0 Å². The molecule has 0 spiro atoms. The first-order valence-corrected chi connectivity index (χ1v) is 14.0. The van der Waals surface area contributed by atoms with Gasteiger partial charge in [-0.05, 0) is 56.3 Å². The molecule has 1 saturated heterocycles.